The number of pyridine rings is 1. The molecule has 1 aromatic heterocycles. The molecule has 0 bridgehead atoms. The summed E-state index contributed by atoms with van der Waals surface area (Å²) >= 11 is 0. The van der Waals surface area contributed by atoms with Crippen molar-refractivity contribution in [2.45, 2.75) is 6.54 Å². The molecule has 0 saturated heterocycles. The molecule has 17 heavy (non-hydrogen) atoms. The van der Waals surface area contributed by atoms with Gasteiger partial charge in [0.2, 0.25) is 5.95 Å². The molecular weight excluding hydrogens is 229 g/mol. The first-order valence-corrected chi connectivity index (χ1v) is 4.94. The zero-order valence-electron chi connectivity index (χ0n) is 8.75. The highest BCUT2D eigenvalue weighted by Gasteiger charge is 2.02. The van der Waals surface area contributed by atoms with Crippen LogP contribution in [0, 0.1) is 17.6 Å². The summed E-state index contributed by atoms with van der Waals surface area (Å²) in [6.45, 7) is 0.278. The summed E-state index contributed by atoms with van der Waals surface area (Å²) < 4.78 is 38.3. The van der Waals surface area contributed by atoms with Gasteiger partial charge < -0.3 is 5.32 Å². The molecule has 0 fully saturated rings. The zero-order valence-corrected chi connectivity index (χ0v) is 8.75. The summed E-state index contributed by atoms with van der Waals surface area (Å²) in [5.74, 6) is -2.38. The smallest absolute Gasteiger partial charge is 0.214 e. The SMILES string of the molecule is Fc1cc(NCc2ccc(F)c(F)c2)ccn1. The van der Waals surface area contributed by atoms with E-state index in [9.17, 15) is 13.2 Å². The number of aromatic nitrogens is 1. The molecule has 0 atom stereocenters. The lowest BCUT2D eigenvalue weighted by molar-refractivity contribution is 0.507. The quantitative estimate of drug-likeness (QED) is 0.831. The van der Waals surface area contributed by atoms with Crippen LogP contribution in [0.3, 0.4) is 0 Å². The minimum atomic E-state index is -0.898. The van der Waals surface area contributed by atoms with Gasteiger partial charge in [0.25, 0.3) is 0 Å². The van der Waals surface area contributed by atoms with Gasteiger partial charge in [-0.2, -0.15) is 4.39 Å². The van der Waals surface area contributed by atoms with Crippen LogP contribution in [0.5, 0.6) is 0 Å². The highest BCUT2D eigenvalue weighted by molar-refractivity contribution is 5.42. The first-order chi connectivity index (χ1) is 8.15. The largest absolute Gasteiger partial charge is 0.381 e. The number of hydrogen-bond acceptors (Lipinski definition) is 2. The van der Waals surface area contributed by atoms with E-state index < -0.39 is 17.6 Å². The fourth-order valence-corrected chi connectivity index (χ4v) is 1.37. The fraction of sp³-hybridized carbons (Fsp3) is 0.0833. The van der Waals surface area contributed by atoms with Gasteiger partial charge in [0, 0.05) is 24.5 Å². The molecule has 0 saturated carbocycles. The normalized spacial score (nSPS) is 10.3. The molecule has 1 N–H and O–H groups in total. The lowest BCUT2D eigenvalue weighted by atomic mass is 10.2. The third kappa shape index (κ3) is 2.96. The molecule has 0 spiro atoms. The number of anilines is 1. The Kier molecular flexibility index (Phi) is 3.27. The van der Waals surface area contributed by atoms with E-state index in [1.165, 1.54) is 18.3 Å². The Labute approximate surface area is 96.1 Å². The van der Waals surface area contributed by atoms with Gasteiger partial charge >= 0.3 is 0 Å². The highest BCUT2D eigenvalue weighted by Crippen LogP contribution is 2.12. The van der Waals surface area contributed by atoms with E-state index in [1.807, 2.05) is 0 Å². The maximum atomic E-state index is 12.9. The number of rotatable bonds is 3. The van der Waals surface area contributed by atoms with Gasteiger partial charge in [0.05, 0.1) is 0 Å². The number of halogens is 3. The van der Waals surface area contributed by atoms with Gasteiger partial charge in [0.15, 0.2) is 11.6 Å². The monoisotopic (exact) mass is 238 g/mol. The van der Waals surface area contributed by atoms with Gasteiger partial charge in [-0.15, -0.1) is 0 Å². The molecule has 0 aliphatic carbocycles. The minimum Gasteiger partial charge on any atom is -0.381 e. The summed E-state index contributed by atoms with van der Waals surface area (Å²) in [6, 6.07) is 6.42. The van der Waals surface area contributed by atoms with Crippen molar-refractivity contribution in [2.24, 2.45) is 0 Å². The van der Waals surface area contributed by atoms with Crippen LogP contribution in [0.4, 0.5) is 18.9 Å². The van der Waals surface area contributed by atoms with Crippen molar-refractivity contribution in [1.82, 2.24) is 4.98 Å². The van der Waals surface area contributed by atoms with Crippen LogP contribution in [-0.4, -0.2) is 4.98 Å². The van der Waals surface area contributed by atoms with Crippen LogP contribution < -0.4 is 5.32 Å². The van der Waals surface area contributed by atoms with Crippen molar-refractivity contribution in [3.05, 3.63) is 59.7 Å². The van der Waals surface area contributed by atoms with E-state index >= 15 is 0 Å². The molecule has 1 aromatic carbocycles. The van der Waals surface area contributed by atoms with Crippen molar-refractivity contribution < 1.29 is 13.2 Å². The van der Waals surface area contributed by atoms with Gasteiger partial charge in [0.1, 0.15) is 0 Å². The van der Waals surface area contributed by atoms with Crippen LogP contribution >= 0.6 is 0 Å². The highest BCUT2D eigenvalue weighted by atomic mass is 19.2. The minimum absolute atomic E-state index is 0.278. The molecular formula is C12H9F3N2. The number of hydrogen-bond donors (Lipinski definition) is 1. The molecule has 0 aliphatic rings. The van der Waals surface area contributed by atoms with Gasteiger partial charge in [-0.1, -0.05) is 6.07 Å². The maximum Gasteiger partial charge on any atom is 0.214 e. The van der Waals surface area contributed by atoms with E-state index in [4.69, 9.17) is 0 Å². The van der Waals surface area contributed by atoms with E-state index in [0.717, 1.165) is 12.1 Å². The van der Waals surface area contributed by atoms with Crippen molar-refractivity contribution in [1.29, 1.82) is 0 Å². The van der Waals surface area contributed by atoms with E-state index in [1.54, 1.807) is 6.07 Å². The molecule has 1 heterocycles. The van der Waals surface area contributed by atoms with Crippen LogP contribution in [0.1, 0.15) is 5.56 Å². The van der Waals surface area contributed by atoms with Gasteiger partial charge in [-0.25, -0.2) is 13.8 Å². The van der Waals surface area contributed by atoms with Crippen molar-refractivity contribution >= 4 is 5.69 Å². The topological polar surface area (TPSA) is 24.9 Å². The summed E-state index contributed by atoms with van der Waals surface area (Å²) in [5, 5.41) is 2.88. The second-order valence-corrected chi connectivity index (χ2v) is 3.47. The summed E-state index contributed by atoms with van der Waals surface area (Å²) in [5.41, 5.74) is 1.10. The first kappa shape index (κ1) is 11.4. The second-order valence-electron chi connectivity index (χ2n) is 3.47. The number of nitrogens with zero attached hydrogens (tertiary/aromatic N) is 1. The Balaban J connectivity index is 2.05. The molecule has 2 aromatic rings. The molecule has 0 radical (unpaired) electrons. The predicted octanol–water partition coefficient (Wildman–Crippen LogP) is 3.11. The predicted molar refractivity (Wildman–Crippen MR) is 57.9 cm³/mol. The first-order valence-electron chi connectivity index (χ1n) is 4.94. The second kappa shape index (κ2) is 4.86. The molecule has 0 amide bonds. The van der Waals surface area contributed by atoms with E-state index in [2.05, 4.69) is 10.3 Å². The Morgan fingerprint density at radius 1 is 1.00 bits per heavy atom. The van der Waals surface area contributed by atoms with E-state index in [0.29, 0.717) is 11.3 Å². The lowest BCUT2D eigenvalue weighted by Gasteiger charge is -2.06. The average molecular weight is 238 g/mol. The Bertz CT molecular complexity index is 529. The van der Waals surface area contributed by atoms with Crippen LogP contribution in [0.25, 0.3) is 0 Å². The molecule has 5 heteroatoms. The zero-order chi connectivity index (χ0) is 12.3. The van der Waals surface area contributed by atoms with Crippen LogP contribution in [0.15, 0.2) is 36.5 Å². The van der Waals surface area contributed by atoms with Crippen LogP contribution in [0.2, 0.25) is 0 Å². The Morgan fingerprint density at radius 3 is 2.53 bits per heavy atom. The maximum absolute atomic E-state index is 12.9. The number of nitrogens with one attached hydrogen (secondary N) is 1. The number of benzene rings is 1. The summed E-state index contributed by atoms with van der Waals surface area (Å²) in [7, 11) is 0. The standard InChI is InChI=1S/C12H9F3N2/c13-10-2-1-8(5-11(10)14)7-17-9-3-4-16-12(15)6-9/h1-6H,7H2,(H,16,17). The average Bonchev–Trinajstić information content (AvgIpc) is 2.31. The van der Waals surface area contributed by atoms with Gasteiger partial charge in [-0.05, 0) is 23.8 Å². The van der Waals surface area contributed by atoms with Crippen LogP contribution in [-0.2, 0) is 6.54 Å². The molecule has 88 valence electrons. The molecule has 2 nitrogen and oxygen atoms in total. The van der Waals surface area contributed by atoms with E-state index in [-0.39, 0.29) is 6.54 Å². The Hall–Kier alpha value is -2.04. The summed E-state index contributed by atoms with van der Waals surface area (Å²) in [4.78, 5) is 3.40. The van der Waals surface area contributed by atoms with Crippen molar-refractivity contribution in [2.75, 3.05) is 5.32 Å². The van der Waals surface area contributed by atoms with Crippen molar-refractivity contribution in [3.8, 4) is 0 Å². The third-order valence-electron chi connectivity index (χ3n) is 2.21. The molecule has 2 rings (SSSR count). The summed E-state index contributed by atoms with van der Waals surface area (Å²) in [6.07, 6.45) is 1.32. The van der Waals surface area contributed by atoms with Crippen molar-refractivity contribution in [3.63, 3.8) is 0 Å². The molecule has 0 aliphatic heterocycles. The third-order valence-corrected chi connectivity index (χ3v) is 2.21. The Morgan fingerprint density at radius 2 is 1.82 bits per heavy atom. The van der Waals surface area contributed by atoms with Gasteiger partial charge in [-0.3, -0.25) is 0 Å². The molecule has 0 unspecified atom stereocenters. The fourth-order valence-electron chi connectivity index (χ4n) is 1.37. The lowest BCUT2D eigenvalue weighted by Crippen LogP contribution is -2.01.